The molecule has 4 aliphatic rings. The van der Waals surface area contributed by atoms with Gasteiger partial charge in [0.25, 0.3) is 5.91 Å². The van der Waals surface area contributed by atoms with Crippen LogP contribution in [0.1, 0.15) is 114 Å². The number of carbonyl (C=O) groups excluding carboxylic acids is 5. The molecule has 0 radical (unpaired) electrons. The highest BCUT2D eigenvalue weighted by Crippen LogP contribution is 2.41. The summed E-state index contributed by atoms with van der Waals surface area (Å²) in [6.45, 7) is 5.96. The summed E-state index contributed by atoms with van der Waals surface area (Å²) in [5, 5.41) is 18.5. The predicted octanol–water partition coefficient (Wildman–Crippen LogP) is 6.33. The van der Waals surface area contributed by atoms with E-state index in [0.717, 1.165) is 74.7 Å². The number of fused-ring (bicyclic) bond motifs is 1. The van der Waals surface area contributed by atoms with Crippen LogP contribution in [0.3, 0.4) is 0 Å². The molecule has 6 heterocycles. The van der Waals surface area contributed by atoms with Crippen LogP contribution < -0.4 is 20.7 Å². The molecule has 0 spiro atoms. The van der Waals surface area contributed by atoms with Crippen molar-refractivity contribution in [1.29, 1.82) is 0 Å². The van der Waals surface area contributed by atoms with Crippen molar-refractivity contribution in [1.82, 2.24) is 54.9 Å². The molecule has 22 nitrogen and oxygen atoms in total. The van der Waals surface area contributed by atoms with E-state index < -0.39 is 17.9 Å². The van der Waals surface area contributed by atoms with Crippen molar-refractivity contribution in [2.75, 3.05) is 105 Å². The Morgan fingerprint density at radius 2 is 1.53 bits per heavy atom. The average molecular weight is 1160 g/mol. The van der Waals surface area contributed by atoms with Gasteiger partial charge in [0.15, 0.2) is 11.5 Å². The second-order valence-electron chi connectivity index (χ2n) is 21.4. The number of hydrogen-bond acceptors (Lipinski definition) is 17. The van der Waals surface area contributed by atoms with Gasteiger partial charge in [0, 0.05) is 73.1 Å². The Bertz CT molecular complexity index is 3180. The van der Waals surface area contributed by atoms with Gasteiger partial charge in [-0.2, -0.15) is 5.10 Å². The van der Waals surface area contributed by atoms with Crippen LogP contribution in [0.15, 0.2) is 72.6 Å². The number of ketones is 1. The zero-order chi connectivity index (χ0) is 57.7. The number of aromatic amines is 1. The summed E-state index contributed by atoms with van der Waals surface area (Å²) in [5.41, 5.74) is 4.24. The lowest BCUT2D eigenvalue weighted by molar-refractivity contribution is -0.139. The van der Waals surface area contributed by atoms with Crippen LogP contribution in [0.25, 0.3) is 16.9 Å². The van der Waals surface area contributed by atoms with Gasteiger partial charge in [-0.05, 0) is 88.7 Å². The fraction of sp³-hybridized carbons (Fsp3) is 0.508. The molecule has 4 amide bonds. The van der Waals surface area contributed by atoms with Gasteiger partial charge >= 0.3 is 0 Å². The predicted molar refractivity (Wildman–Crippen MR) is 306 cm³/mol. The molecule has 10 rings (SSSR count). The van der Waals surface area contributed by atoms with Crippen molar-refractivity contribution in [2.24, 2.45) is 5.92 Å². The Labute approximate surface area is 485 Å². The standard InChI is InChI=1S/C59H73FN12O10S/c1-38(61-2)56(75)68-52(40-8-4-3-5-9-40)59(77)71-17-7-12-49(71)57-67-48(37-83-57)53(74)41-10-6-11-44(30-41)82-29-28-80-25-24-78-22-23-79-26-27-81-36-51(73)69-18-20-70(21-19-69)58(76)42-15-16-46(45(60)31-42)65-54-55-62-34-50(43-32-63-64-33-43)72(55)35-47(66-54)39-13-14-39/h6,10-11,15-16,30-35,37-40,49,52,61H,3-5,7-9,12-14,17-29,36H2,1-2H3,(H,63,64)(H,65,66)(H,68,75)/t38-,49-,52?/m0/s1. The molecule has 0 bridgehead atoms. The van der Waals surface area contributed by atoms with Crippen LogP contribution in [-0.2, 0) is 33.3 Å². The molecule has 6 aromatic rings. The highest BCUT2D eigenvalue weighted by molar-refractivity contribution is 7.10. The third kappa shape index (κ3) is 14.9. The fourth-order valence-corrected chi connectivity index (χ4v) is 11.7. The van der Waals surface area contributed by atoms with Crippen molar-refractivity contribution in [3.63, 3.8) is 0 Å². The maximum Gasteiger partial charge on any atom is 0.254 e. The first kappa shape index (κ1) is 59.0. The van der Waals surface area contributed by atoms with Gasteiger partial charge in [0.2, 0.25) is 23.5 Å². The van der Waals surface area contributed by atoms with Crippen molar-refractivity contribution in [3.8, 4) is 17.0 Å². The summed E-state index contributed by atoms with van der Waals surface area (Å²) in [5.74, 6) is -0.250. The number of likely N-dealkylation sites (N-methyl/N-ethyl adjacent to an activating group) is 1. The first-order valence-electron chi connectivity index (χ1n) is 28.9. The molecule has 2 aliphatic carbocycles. The highest BCUT2D eigenvalue weighted by atomic mass is 32.1. The minimum Gasteiger partial charge on any atom is -0.491 e. The summed E-state index contributed by atoms with van der Waals surface area (Å²) in [7, 11) is 1.73. The Morgan fingerprint density at radius 3 is 2.24 bits per heavy atom. The maximum absolute atomic E-state index is 15.6. The molecular weight excluding hydrogens is 1090 g/mol. The van der Waals surface area contributed by atoms with Crippen LogP contribution in [0, 0.1) is 11.7 Å². The zero-order valence-corrected chi connectivity index (χ0v) is 47.8. The van der Waals surface area contributed by atoms with Gasteiger partial charge in [0.05, 0.1) is 87.8 Å². The lowest BCUT2D eigenvalue weighted by atomic mass is 9.83. The van der Waals surface area contributed by atoms with Gasteiger partial charge in [0.1, 0.15) is 41.5 Å². The lowest BCUT2D eigenvalue weighted by Crippen LogP contribution is -2.55. The minimum atomic E-state index is -0.602. The van der Waals surface area contributed by atoms with Gasteiger partial charge < -0.3 is 54.3 Å². The number of likely N-dealkylation sites (tertiary alicyclic amines) is 1. The Morgan fingerprint density at radius 1 is 0.795 bits per heavy atom. The van der Waals surface area contributed by atoms with Crippen LogP contribution in [-0.4, -0.2) is 185 Å². The number of thiazole rings is 1. The van der Waals surface area contributed by atoms with Crippen molar-refractivity contribution in [2.45, 2.75) is 88.8 Å². The number of carbonyl (C=O) groups is 5. The normalized spacial score (nSPS) is 17.4. The molecule has 2 saturated carbocycles. The van der Waals surface area contributed by atoms with E-state index in [1.165, 1.54) is 23.5 Å². The van der Waals surface area contributed by atoms with Crippen LogP contribution in [0.2, 0.25) is 0 Å². The number of anilines is 2. The van der Waals surface area contributed by atoms with E-state index >= 15 is 4.39 Å². The second-order valence-corrected chi connectivity index (χ2v) is 22.2. The molecule has 4 fully saturated rings. The number of nitrogens with zero attached hydrogens (tertiary/aromatic N) is 8. The molecule has 3 atom stereocenters. The number of aromatic nitrogens is 6. The van der Waals surface area contributed by atoms with E-state index in [-0.39, 0.29) is 79.1 Å². The second kappa shape index (κ2) is 28.4. The molecule has 24 heteroatoms. The summed E-state index contributed by atoms with van der Waals surface area (Å²) in [4.78, 5) is 86.5. The highest BCUT2D eigenvalue weighted by Gasteiger charge is 2.40. The Balaban J connectivity index is 0.565. The zero-order valence-electron chi connectivity index (χ0n) is 47.0. The summed E-state index contributed by atoms with van der Waals surface area (Å²) < 4.78 is 45.9. The van der Waals surface area contributed by atoms with E-state index in [9.17, 15) is 24.0 Å². The van der Waals surface area contributed by atoms with Crippen molar-refractivity contribution >= 4 is 57.9 Å². The van der Waals surface area contributed by atoms with E-state index in [4.69, 9.17) is 33.7 Å². The third-order valence-corrected chi connectivity index (χ3v) is 16.7. The van der Waals surface area contributed by atoms with Crippen molar-refractivity contribution in [3.05, 3.63) is 106 Å². The number of hydrogen-bond donors (Lipinski definition) is 4. The molecule has 1 unspecified atom stereocenters. The number of piperazine rings is 1. The number of halogens is 1. The number of benzene rings is 2. The molecule has 4 aromatic heterocycles. The summed E-state index contributed by atoms with van der Waals surface area (Å²) >= 11 is 1.38. The van der Waals surface area contributed by atoms with Crippen LogP contribution in [0.5, 0.6) is 5.75 Å². The maximum atomic E-state index is 15.6. The van der Waals surface area contributed by atoms with Crippen LogP contribution in [0.4, 0.5) is 15.9 Å². The number of ether oxygens (including phenoxy) is 5. The number of H-pyrrole nitrogens is 1. The molecule has 4 N–H and O–H groups in total. The Kier molecular flexibility index (Phi) is 20.2. The Hall–Kier alpha value is -7.22. The number of nitrogens with one attached hydrogen (secondary N) is 4. The SMILES string of the molecule is CN[C@@H](C)C(=O)NC(C(=O)N1CCC[C@H]1c1nc(C(=O)c2cccc(OCCOCCOCCOCCOCC(=O)N3CCN(C(=O)c4ccc(Nc5nc(C6CC6)cn6c(-c7cn[nH]c7)cnc56)c(F)c4)CC3)c2)cs1)C1CCCCC1. The van der Waals surface area contributed by atoms with E-state index in [1.54, 1.807) is 78.1 Å². The van der Waals surface area contributed by atoms with Gasteiger partial charge in [-0.3, -0.25) is 33.5 Å². The molecule has 2 aliphatic heterocycles. The van der Waals surface area contributed by atoms with Gasteiger partial charge in [-0.1, -0.05) is 31.4 Å². The van der Waals surface area contributed by atoms with E-state index in [1.807, 2.05) is 15.5 Å². The van der Waals surface area contributed by atoms with Crippen LogP contribution >= 0.6 is 11.3 Å². The largest absolute Gasteiger partial charge is 0.491 e. The quantitative estimate of drug-likeness (QED) is 0.0309. The number of rotatable bonds is 28. The van der Waals surface area contributed by atoms with Crippen molar-refractivity contribution < 1.29 is 52.0 Å². The fourth-order valence-electron chi connectivity index (χ4n) is 10.8. The molecule has 2 saturated heterocycles. The smallest absolute Gasteiger partial charge is 0.254 e. The monoisotopic (exact) mass is 1160 g/mol. The number of imidazole rings is 1. The lowest BCUT2D eigenvalue weighted by Gasteiger charge is -2.35. The molecule has 83 heavy (non-hydrogen) atoms. The topological polar surface area (TPSA) is 249 Å². The number of amides is 4. The first-order chi connectivity index (χ1) is 40.5. The molecular formula is C59H73FN12O10S. The molecule has 2 aromatic carbocycles. The average Bonchev–Trinajstić information content (AvgIpc) is 3.96. The minimum absolute atomic E-state index is 0.0709. The van der Waals surface area contributed by atoms with Gasteiger partial charge in [-0.15, -0.1) is 11.3 Å². The third-order valence-electron chi connectivity index (χ3n) is 15.7. The summed E-state index contributed by atoms with van der Waals surface area (Å²) in [6.07, 6.45) is 15.9. The van der Waals surface area contributed by atoms with Gasteiger partial charge in [-0.25, -0.2) is 19.3 Å². The molecule has 442 valence electrons. The first-order valence-corrected chi connectivity index (χ1v) is 29.7. The summed E-state index contributed by atoms with van der Waals surface area (Å²) in [6, 6.07) is 10.0. The van der Waals surface area contributed by atoms with E-state index in [2.05, 4.69) is 31.1 Å². The van der Waals surface area contributed by atoms with E-state index in [0.29, 0.717) is 105 Å².